The highest BCUT2D eigenvalue weighted by Crippen LogP contribution is 2.32. The van der Waals surface area contributed by atoms with Crippen molar-refractivity contribution in [1.29, 1.82) is 0 Å². The van der Waals surface area contributed by atoms with E-state index in [9.17, 15) is 9.59 Å². The molecule has 0 radical (unpaired) electrons. The van der Waals surface area contributed by atoms with Crippen LogP contribution in [0.1, 0.15) is 26.7 Å². The molecule has 0 saturated carbocycles. The summed E-state index contributed by atoms with van der Waals surface area (Å²) >= 11 is 3.27. The molecule has 5 nitrogen and oxygen atoms in total. The van der Waals surface area contributed by atoms with Gasteiger partial charge < -0.3 is 10.1 Å². The lowest BCUT2D eigenvalue weighted by Crippen LogP contribution is -2.13. The molecule has 0 spiro atoms. The van der Waals surface area contributed by atoms with Crippen molar-refractivity contribution in [3.63, 3.8) is 0 Å². The van der Waals surface area contributed by atoms with Crippen LogP contribution in [0.15, 0.2) is 41.8 Å². The number of aryl methyl sites for hydroxylation is 2. The molecule has 0 aliphatic carbocycles. The Hall–Kier alpha value is -2.51. The summed E-state index contributed by atoms with van der Waals surface area (Å²) in [6.07, 6.45) is 0.976. The summed E-state index contributed by atoms with van der Waals surface area (Å²) in [5.41, 5.74) is 1.96. The second-order valence-corrected chi connectivity index (χ2v) is 7.84. The molecule has 1 N–H and O–H groups in total. The molecule has 1 amide bonds. The molecule has 0 aliphatic rings. The van der Waals surface area contributed by atoms with Crippen LogP contribution in [0.5, 0.6) is 0 Å². The number of thiophene rings is 1. The highest BCUT2D eigenvalue weighted by atomic mass is 32.1. The third-order valence-corrected chi connectivity index (χ3v) is 5.61. The van der Waals surface area contributed by atoms with Gasteiger partial charge in [0.2, 0.25) is 5.91 Å². The number of nitrogens with zero attached hydrogens (tertiary/aromatic N) is 1. The lowest BCUT2D eigenvalue weighted by atomic mass is 10.2. The Kier molecular flexibility index (Phi) is 5.80. The molecular weight excluding hydrogens is 368 g/mol. The van der Waals surface area contributed by atoms with Crippen LogP contribution < -0.4 is 5.32 Å². The normalized spacial score (nSPS) is 10.5. The van der Waals surface area contributed by atoms with Crippen LogP contribution in [-0.4, -0.2) is 24.0 Å². The van der Waals surface area contributed by atoms with Gasteiger partial charge in [0.15, 0.2) is 0 Å². The number of amides is 1. The van der Waals surface area contributed by atoms with Crippen molar-refractivity contribution in [3.05, 3.63) is 57.2 Å². The van der Waals surface area contributed by atoms with E-state index < -0.39 is 5.97 Å². The zero-order valence-corrected chi connectivity index (χ0v) is 16.1. The van der Waals surface area contributed by atoms with E-state index in [2.05, 4.69) is 10.3 Å². The van der Waals surface area contributed by atoms with Crippen LogP contribution in [0.4, 0.5) is 5.69 Å². The smallest absolute Gasteiger partial charge is 0.337 e. The fraction of sp³-hybridized carbons (Fsp3) is 0.211. The van der Waals surface area contributed by atoms with Crippen LogP contribution in [-0.2, 0) is 16.0 Å². The van der Waals surface area contributed by atoms with Gasteiger partial charge in [-0.2, -0.15) is 0 Å². The second kappa shape index (κ2) is 8.25. The zero-order valence-electron chi connectivity index (χ0n) is 14.4. The first kappa shape index (κ1) is 18.3. The molecule has 0 fully saturated rings. The SMILES string of the molecule is COC(=O)c1cccc(NC(=O)CCc2sc(C)nc2-c2cccs2)c1. The van der Waals surface area contributed by atoms with Crippen molar-refractivity contribution in [2.24, 2.45) is 0 Å². The number of ether oxygens (including phenoxy) is 1. The monoisotopic (exact) mass is 386 g/mol. The fourth-order valence-electron chi connectivity index (χ4n) is 2.54. The third kappa shape index (κ3) is 4.36. The Bertz CT molecular complexity index is 917. The van der Waals surface area contributed by atoms with Crippen molar-refractivity contribution in [2.45, 2.75) is 19.8 Å². The van der Waals surface area contributed by atoms with E-state index in [4.69, 9.17) is 4.74 Å². The molecule has 0 bridgehead atoms. The van der Waals surface area contributed by atoms with Gasteiger partial charge in [0.05, 0.1) is 28.3 Å². The summed E-state index contributed by atoms with van der Waals surface area (Å²) in [5, 5.41) is 5.85. The zero-order chi connectivity index (χ0) is 18.5. The molecule has 3 rings (SSSR count). The van der Waals surface area contributed by atoms with E-state index in [0.717, 1.165) is 20.5 Å². The van der Waals surface area contributed by atoms with Crippen LogP contribution in [0, 0.1) is 6.92 Å². The molecule has 7 heteroatoms. The average Bonchev–Trinajstić information content (AvgIpc) is 3.28. The quantitative estimate of drug-likeness (QED) is 0.632. The van der Waals surface area contributed by atoms with E-state index in [1.807, 2.05) is 24.4 Å². The molecule has 0 aliphatic heterocycles. The number of carbonyl (C=O) groups is 2. The molecule has 0 atom stereocenters. The summed E-state index contributed by atoms with van der Waals surface area (Å²) in [5.74, 6) is -0.531. The highest BCUT2D eigenvalue weighted by Gasteiger charge is 2.14. The minimum atomic E-state index is -0.429. The number of aromatic nitrogens is 1. The molecule has 26 heavy (non-hydrogen) atoms. The molecule has 3 aromatic rings. The Morgan fingerprint density at radius 3 is 2.81 bits per heavy atom. The van der Waals surface area contributed by atoms with Gasteiger partial charge in [0.1, 0.15) is 0 Å². The maximum absolute atomic E-state index is 12.3. The van der Waals surface area contributed by atoms with Gasteiger partial charge in [-0.1, -0.05) is 12.1 Å². The second-order valence-electron chi connectivity index (χ2n) is 5.60. The number of carbonyl (C=O) groups excluding carboxylic acids is 2. The van der Waals surface area contributed by atoms with Gasteiger partial charge in [-0.25, -0.2) is 9.78 Å². The van der Waals surface area contributed by atoms with Gasteiger partial charge in [-0.3, -0.25) is 4.79 Å². The van der Waals surface area contributed by atoms with E-state index in [1.165, 1.54) is 7.11 Å². The van der Waals surface area contributed by atoms with Crippen molar-refractivity contribution in [1.82, 2.24) is 4.98 Å². The fourth-order valence-corrected chi connectivity index (χ4v) is 4.29. The molecule has 0 saturated heterocycles. The van der Waals surface area contributed by atoms with E-state index in [0.29, 0.717) is 24.1 Å². The Balaban J connectivity index is 1.64. The minimum Gasteiger partial charge on any atom is -0.465 e. The minimum absolute atomic E-state index is 0.102. The van der Waals surface area contributed by atoms with Crippen molar-refractivity contribution in [3.8, 4) is 10.6 Å². The van der Waals surface area contributed by atoms with Crippen LogP contribution >= 0.6 is 22.7 Å². The van der Waals surface area contributed by atoms with Crippen LogP contribution in [0.25, 0.3) is 10.6 Å². The standard InChI is InChI=1S/C19H18N2O3S2/c1-12-20-18(15-7-4-10-25-15)16(26-12)8-9-17(22)21-14-6-3-5-13(11-14)19(23)24-2/h3-7,10-11H,8-9H2,1-2H3,(H,21,22). The number of benzene rings is 1. The van der Waals surface area contributed by atoms with Crippen molar-refractivity contribution < 1.29 is 14.3 Å². The van der Waals surface area contributed by atoms with Gasteiger partial charge in [-0.15, -0.1) is 22.7 Å². The summed E-state index contributed by atoms with van der Waals surface area (Å²) in [4.78, 5) is 30.7. The van der Waals surface area contributed by atoms with E-state index in [1.54, 1.807) is 46.9 Å². The predicted molar refractivity (Wildman–Crippen MR) is 105 cm³/mol. The molecule has 0 unspecified atom stereocenters. The first-order chi connectivity index (χ1) is 12.6. The number of hydrogen-bond acceptors (Lipinski definition) is 6. The summed E-state index contributed by atoms with van der Waals surface area (Å²) < 4.78 is 4.70. The average molecular weight is 386 g/mol. The maximum atomic E-state index is 12.3. The summed E-state index contributed by atoms with van der Waals surface area (Å²) in [6.45, 7) is 1.98. The Morgan fingerprint density at radius 1 is 1.23 bits per heavy atom. The number of methoxy groups -OCH3 is 1. The highest BCUT2D eigenvalue weighted by molar-refractivity contribution is 7.15. The third-order valence-electron chi connectivity index (χ3n) is 3.71. The Morgan fingerprint density at radius 2 is 2.08 bits per heavy atom. The number of anilines is 1. The largest absolute Gasteiger partial charge is 0.465 e. The summed E-state index contributed by atoms with van der Waals surface area (Å²) in [7, 11) is 1.33. The molecule has 2 heterocycles. The number of rotatable bonds is 6. The number of hydrogen-bond donors (Lipinski definition) is 1. The van der Waals surface area contributed by atoms with Gasteiger partial charge in [0, 0.05) is 17.0 Å². The summed E-state index contributed by atoms with van der Waals surface area (Å²) in [6, 6.07) is 10.8. The first-order valence-corrected chi connectivity index (χ1v) is 9.75. The van der Waals surface area contributed by atoms with Gasteiger partial charge >= 0.3 is 5.97 Å². The maximum Gasteiger partial charge on any atom is 0.337 e. The van der Waals surface area contributed by atoms with Crippen molar-refractivity contribution in [2.75, 3.05) is 12.4 Å². The molecule has 2 aromatic heterocycles. The van der Waals surface area contributed by atoms with Crippen molar-refractivity contribution >= 4 is 40.2 Å². The molecule has 134 valence electrons. The predicted octanol–water partition coefficient (Wildman–Crippen LogP) is 4.54. The molecule has 1 aromatic carbocycles. The number of nitrogens with one attached hydrogen (secondary N) is 1. The van der Waals surface area contributed by atoms with Crippen LogP contribution in [0.2, 0.25) is 0 Å². The van der Waals surface area contributed by atoms with Gasteiger partial charge in [-0.05, 0) is 43.0 Å². The van der Waals surface area contributed by atoms with Gasteiger partial charge in [0.25, 0.3) is 0 Å². The topological polar surface area (TPSA) is 68.3 Å². The van der Waals surface area contributed by atoms with E-state index >= 15 is 0 Å². The van der Waals surface area contributed by atoms with Crippen LogP contribution in [0.3, 0.4) is 0 Å². The molecular formula is C19H18N2O3S2. The van der Waals surface area contributed by atoms with E-state index in [-0.39, 0.29) is 5.91 Å². The Labute approximate surface area is 159 Å². The lowest BCUT2D eigenvalue weighted by Gasteiger charge is -2.07. The first-order valence-electron chi connectivity index (χ1n) is 8.05. The lowest BCUT2D eigenvalue weighted by molar-refractivity contribution is -0.116. The number of thiazole rings is 1. The number of esters is 1.